The molecule has 0 fully saturated rings. The van der Waals surface area contributed by atoms with Gasteiger partial charge < -0.3 is 10.1 Å². The van der Waals surface area contributed by atoms with E-state index in [2.05, 4.69) is 67.1 Å². The quantitative estimate of drug-likeness (QED) is 0.632. The van der Waals surface area contributed by atoms with Crippen molar-refractivity contribution in [2.75, 3.05) is 19.1 Å². The summed E-state index contributed by atoms with van der Waals surface area (Å²) in [6.07, 6.45) is 0. The monoisotopic (exact) mass is 313 g/mol. The molecular formula is C15H24BrNO. The highest BCUT2D eigenvalue weighted by Crippen LogP contribution is 2.33. The van der Waals surface area contributed by atoms with Crippen LogP contribution in [-0.2, 0) is 5.41 Å². The Morgan fingerprint density at radius 2 is 2.00 bits per heavy atom. The van der Waals surface area contributed by atoms with Crippen LogP contribution in [0.5, 0.6) is 5.75 Å². The van der Waals surface area contributed by atoms with Crippen molar-refractivity contribution in [2.24, 2.45) is 0 Å². The lowest BCUT2D eigenvalue weighted by Crippen LogP contribution is -2.32. The lowest BCUT2D eigenvalue weighted by Gasteiger charge is -2.28. The standard InChI is InChI=1S/C15H24BrNO/c1-11(2)12-6-7-14(18-5)13(8-12)15(3,4)9-17-10-16/h6-8,11,17H,9-10H2,1-5H3. The first-order valence-corrected chi connectivity index (χ1v) is 7.49. The molecule has 0 atom stereocenters. The van der Waals surface area contributed by atoms with Crippen LogP contribution in [0.3, 0.4) is 0 Å². The van der Waals surface area contributed by atoms with Gasteiger partial charge in [0, 0.05) is 17.5 Å². The lowest BCUT2D eigenvalue weighted by molar-refractivity contribution is 0.388. The zero-order valence-electron chi connectivity index (χ0n) is 12.0. The second-order valence-electron chi connectivity index (χ2n) is 5.56. The van der Waals surface area contributed by atoms with Crippen LogP contribution in [0, 0.1) is 0 Å². The van der Waals surface area contributed by atoms with E-state index in [1.165, 1.54) is 11.1 Å². The number of hydrogen-bond donors (Lipinski definition) is 1. The molecular weight excluding hydrogens is 290 g/mol. The first-order chi connectivity index (χ1) is 8.42. The van der Waals surface area contributed by atoms with Gasteiger partial charge in [0.15, 0.2) is 0 Å². The number of alkyl halides is 1. The van der Waals surface area contributed by atoms with Gasteiger partial charge in [-0.15, -0.1) is 0 Å². The molecule has 0 spiro atoms. The number of rotatable bonds is 6. The van der Waals surface area contributed by atoms with Crippen molar-refractivity contribution >= 4 is 15.9 Å². The molecule has 1 N–H and O–H groups in total. The van der Waals surface area contributed by atoms with Gasteiger partial charge in [-0.3, -0.25) is 0 Å². The summed E-state index contributed by atoms with van der Waals surface area (Å²) in [6, 6.07) is 6.51. The second kappa shape index (κ2) is 6.58. The molecule has 18 heavy (non-hydrogen) atoms. The topological polar surface area (TPSA) is 21.3 Å². The van der Waals surface area contributed by atoms with E-state index >= 15 is 0 Å². The number of halogens is 1. The molecule has 0 heterocycles. The number of benzene rings is 1. The molecule has 1 aromatic rings. The molecule has 0 amide bonds. The van der Waals surface area contributed by atoms with Crippen LogP contribution >= 0.6 is 15.9 Å². The van der Waals surface area contributed by atoms with Crippen LogP contribution in [0.25, 0.3) is 0 Å². The Hall–Kier alpha value is -0.540. The maximum Gasteiger partial charge on any atom is 0.122 e. The summed E-state index contributed by atoms with van der Waals surface area (Å²) < 4.78 is 5.51. The lowest BCUT2D eigenvalue weighted by atomic mass is 9.82. The smallest absolute Gasteiger partial charge is 0.122 e. The zero-order chi connectivity index (χ0) is 13.8. The Balaban J connectivity index is 3.14. The van der Waals surface area contributed by atoms with Crippen molar-refractivity contribution < 1.29 is 4.74 Å². The SMILES string of the molecule is COc1ccc(C(C)C)cc1C(C)(C)CNCBr. The molecule has 0 unspecified atom stereocenters. The van der Waals surface area contributed by atoms with Gasteiger partial charge >= 0.3 is 0 Å². The van der Waals surface area contributed by atoms with Gasteiger partial charge in [-0.05, 0) is 17.5 Å². The predicted octanol–water partition coefficient (Wildman–Crippen LogP) is 4.04. The Bertz CT molecular complexity index is 388. The summed E-state index contributed by atoms with van der Waals surface area (Å²) in [5, 5.41) is 3.35. The van der Waals surface area contributed by atoms with Gasteiger partial charge in [-0.1, -0.05) is 55.8 Å². The van der Waals surface area contributed by atoms with E-state index in [0.29, 0.717) is 5.92 Å². The van der Waals surface area contributed by atoms with Crippen LogP contribution in [0.2, 0.25) is 0 Å². The fourth-order valence-corrected chi connectivity index (χ4v) is 2.27. The van der Waals surface area contributed by atoms with Gasteiger partial charge in [-0.25, -0.2) is 0 Å². The Labute approximate surface area is 119 Å². The van der Waals surface area contributed by atoms with Gasteiger partial charge in [-0.2, -0.15) is 0 Å². The molecule has 0 saturated carbocycles. The normalized spacial score (nSPS) is 11.9. The summed E-state index contributed by atoms with van der Waals surface area (Å²) >= 11 is 3.41. The van der Waals surface area contributed by atoms with Gasteiger partial charge in [0.1, 0.15) is 5.75 Å². The fourth-order valence-electron chi connectivity index (χ4n) is 2.07. The van der Waals surface area contributed by atoms with Crippen molar-refractivity contribution in [1.29, 1.82) is 0 Å². The molecule has 0 aliphatic rings. The van der Waals surface area contributed by atoms with Crippen molar-refractivity contribution in [3.63, 3.8) is 0 Å². The van der Waals surface area contributed by atoms with Crippen LogP contribution < -0.4 is 10.1 Å². The van der Waals surface area contributed by atoms with E-state index < -0.39 is 0 Å². The van der Waals surface area contributed by atoms with Crippen LogP contribution in [0.15, 0.2) is 18.2 Å². The van der Waals surface area contributed by atoms with Crippen molar-refractivity contribution in [3.8, 4) is 5.75 Å². The van der Waals surface area contributed by atoms with E-state index in [1.54, 1.807) is 7.11 Å². The molecule has 0 bridgehead atoms. The Kier molecular flexibility index (Phi) is 5.67. The molecule has 2 nitrogen and oxygen atoms in total. The first-order valence-electron chi connectivity index (χ1n) is 6.37. The average molecular weight is 314 g/mol. The summed E-state index contributed by atoms with van der Waals surface area (Å²) in [6.45, 7) is 9.83. The molecule has 0 radical (unpaired) electrons. The number of nitrogens with one attached hydrogen (secondary N) is 1. The molecule has 0 aliphatic heterocycles. The largest absolute Gasteiger partial charge is 0.496 e. The van der Waals surface area contributed by atoms with Crippen LogP contribution in [-0.4, -0.2) is 19.1 Å². The Morgan fingerprint density at radius 1 is 1.33 bits per heavy atom. The Morgan fingerprint density at radius 3 is 2.50 bits per heavy atom. The van der Waals surface area contributed by atoms with Crippen molar-refractivity contribution in [3.05, 3.63) is 29.3 Å². The van der Waals surface area contributed by atoms with E-state index in [0.717, 1.165) is 17.7 Å². The average Bonchev–Trinajstić information content (AvgIpc) is 2.35. The fraction of sp³-hybridized carbons (Fsp3) is 0.600. The highest BCUT2D eigenvalue weighted by Gasteiger charge is 2.24. The first kappa shape index (κ1) is 15.5. The molecule has 0 aliphatic carbocycles. The highest BCUT2D eigenvalue weighted by molar-refractivity contribution is 9.09. The molecule has 0 aromatic heterocycles. The summed E-state index contributed by atoms with van der Waals surface area (Å²) in [7, 11) is 1.74. The van der Waals surface area contributed by atoms with Gasteiger partial charge in [0.05, 0.1) is 12.6 Å². The third-order valence-corrected chi connectivity index (χ3v) is 3.68. The number of methoxy groups -OCH3 is 1. The van der Waals surface area contributed by atoms with Crippen molar-refractivity contribution in [2.45, 2.75) is 39.0 Å². The molecule has 102 valence electrons. The van der Waals surface area contributed by atoms with E-state index in [9.17, 15) is 0 Å². The minimum Gasteiger partial charge on any atom is -0.496 e. The molecule has 3 heteroatoms. The predicted molar refractivity (Wildman–Crippen MR) is 81.9 cm³/mol. The summed E-state index contributed by atoms with van der Waals surface area (Å²) in [5.41, 5.74) is 3.48. The molecule has 0 saturated heterocycles. The third kappa shape index (κ3) is 3.72. The van der Waals surface area contributed by atoms with Gasteiger partial charge in [0.2, 0.25) is 0 Å². The van der Waals surface area contributed by atoms with E-state index in [4.69, 9.17) is 4.74 Å². The van der Waals surface area contributed by atoms with E-state index in [-0.39, 0.29) is 5.41 Å². The summed E-state index contributed by atoms with van der Waals surface area (Å²) in [5.74, 6) is 1.51. The minimum atomic E-state index is 0.0456. The third-order valence-electron chi connectivity index (χ3n) is 3.28. The van der Waals surface area contributed by atoms with Crippen LogP contribution in [0.4, 0.5) is 0 Å². The minimum absolute atomic E-state index is 0.0456. The van der Waals surface area contributed by atoms with Gasteiger partial charge in [0.25, 0.3) is 0 Å². The van der Waals surface area contributed by atoms with Crippen molar-refractivity contribution in [1.82, 2.24) is 5.32 Å². The maximum atomic E-state index is 5.51. The molecule has 1 rings (SSSR count). The maximum absolute atomic E-state index is 5.51. The zero-order valence-corrected chi connectivity index (χ0v) is 13.6. The van der Waals surface area contributed by atoms with Crippen LogP contribution in [0.1, 0.15) is 44.7 Å². The summed E-state index contributed by atoms with van der Waals surface area (Å²) in [4.78, 5) is 0. The number of ether oxygens (including phenoxy) is 1. The number of hydrogen-bond acceptors (Lipinski definition) is 2. The molecule has 1 aromatic carbocycles. The highest BCUT2D eigenvalue weighted by atomic mass is 79.9. The van der Waals surface area contributed by atoms with E-state index in [1.807, 2.05) is 0 Å². The second-order valence-corrected chi connectivity index (χ2v) is 6.12.